The highest BCUT2D eigenvalue weighted by Crippen LogP contribution is 2.39. The van der Waals surface area contributed by atoms with Crippen molar-refractivity contribution in [1.82, 2.24) is 15.0 Å². The van der Waals surface area contributed by atoms with Crippen LogP contribution in [0.4, 0.5) is 24.5 Å². The van der Waals surface area contributed by atoms with Gasteiger partial charge in [-0.25, -0.2) is 9.69 Å². The molecule has 0 spiro atoms. The number of pyridine rings is 2. The zero-order chi connectivity index (χ0) is 88.1. The van der Waals surface area contributed by atoms with Crippen LogP contribution in [0.1, 0.15) is 83.5 Å². The van der Waals surface area contributed by atoms with Crippen molar-refractivity contribution in [3.8, 4) is 125 Å². The summed E-state index contributed by atoms with van der Waals surface area (Å²) in [6.07, 6.45) is 6.56. The number of halogens is 3. The Morgan fingerprint density at radius 2 is 0.618 bits per heavy atom. The Balaban J connectivity index is 0.000000141. The SMILES string of the molecule is Cc1cc(C)c(-c2cncc(-c3ccccc3C)[n+]2C)c(C)c1.Cc1ccccc1-c1cc2ccccc2c(-c2ccccc2C)[n+]1C.Cc1ccccc1-c1cncc(-c2ccccc2C)[n+]1C.[C-]#[N+]c1cc(C#N)cc(C)c1-c1cccc(-c2ccccc2C)[n+]1C.[C-]#[N+]c1cc(C#N)cc(C)c1-c1cncc(-c2ccc(C(F)(F)F)cc2C)[n+]1C. The number of benzene rings is 11. The molecule has 0 fully saturated rings. The van der Waals surface area contributed by atoms with Crippen molar-refractivity contribution < 1.29 is 36.0 Å². The minimum absolute atomic E-state index is 0.320. The van der Waals surface area contributed by atoms with E-state index in [4.69, 9.17) is 23.7 Å². The Bertz CT molecular complexity index is 6820. The number of hydrogen-bond acceptors (Lipinski definition) is 5. The largest absolute Gasteiger partial charge is 0.416 e. The van der Waals surface area contributed by atoms with E-state index in [0.717, 1.165) is 63.0 Å². The molecule has 0 amide bonds. The quantitative estimate of drug-likeness (QED) is 0.0999. The maximum atomic E-state index is 13.0. The molecule has 0 radical (unpaired) electrons. The van der Waals surface area contributed by atoms with Crippen LogP contribution in [-0.2, 0) is 41.4 Å². The molecule has 0 saturated carbocycles. The molecule has 5 heterocycles. The summed E-state index contributed by atoms with van der Waals surface area (Å²) in [5.41, 5.74) is 35.9. The third kappa shape index (κ3) is 19.0. The molecule has 0 aliphatic carbocycles. The van der Waals surface area contributed by atoms with Gasteiger partial charge >= 0.3 is 6.18 Å². The average Bonchev–Trinajstić information content (AvgIpc) is 0.768. The standard InChI is InChI=1S/C24H22N.C22H16F3N4.C22H18N3.C21H23N2.C19H19N2/c1-17-10-4-7-13-20(17)23-16-19-12-6-9-15-22(19)24(25(23)3)21-14-8-5-11-18(21)2;1-13-8-16(22(23,24)25)5-6-17(13)19-11-28-12-20(29(19)4)21-14(2)7-15(10-26)9-18(21)27-3;1-15-8-5-6-9-18(15)20-10-7-11-21(25(20)4)22-16(2)12-17(14-23)13-19(22)24-3;1-14-10-16(3)21(17(4)11-14)20-13-22-12-19(23(20)5)18-9-7-6-8-15(18)2;1-14-8-4-6-10-16(14)18-12-20-13-19(21(18)3)17-11-7-5-9-15(17)2/h4-16H,1-3H3;5-9,11-12H,1-2,4H3;5-13H,1-2,4H3;6-13H,1-5H3;4-13H,1-3H3/q5*+1. The van der Waals surface area contributed by atoms with Gasteiger partial charge in [-0.05, 0) is 241 Å². The molecular weight excluding hydrogens is 1520 g/mol. The zero-order valence-electron chi connectivity index (χ0n) is 72.6. The molecule has 12 nitrogen and oxygen atoms in total. The summed E-state index contributed by atoms with van der Waals surface area (Å²) in [7, 11) is 10.2. The molecular formula is C108H98F3N12+5. The molecule has 11 aromatic carbocycles. The first-order chi connectivity index (χ1) is 59.1. The molecule has 16 rings (SSSR count). The summed E-state index contributed by atoms with van der Waals surface area (Å²) in [5.74, 6) is 0. The van der Waals surface area contributed by atoms with Crippen molar-refractivity contribution >= 4 is 22.1 Å². The van der Waals surface area contributed by atoms with Gasteiger partial charge in [0.2, 0.25) is 68.3 Å². The summed E-state index contributed by atoms with van der Waals surface area (Å²) in [6.45, 7) is 39.8. The summed E-state index contributed by atoms with van der Waals surface area (Å²) in [6, 6.07) is 86.8. The van der Waals surface area contributed by atoms with Crippen molar-refractivity contribution in [2.45, 2.75) is 89.3 Å². The summed E-state index contributed by atoms with van der Waals surface area (Å²) in [5, 5.41) is 20.9. The number of fused-ring (bicyclic) bond motifs is 1. The molecule has 0 N–H and O–H groups in total. The van der Waals surface area contributed by atoms with Crippen LogP contribution in [0.25, 0.3) is 133 Å². The van der Waals surface area contributed by atoms with Crippen molar-refractivity contribution in [1.29, 1.82) is 10.5 Å². The van der Waals surface area contributed by atoms with E-state index >= 15 is 0 Å². The summed E-state index contributed by atoms with van der Waals surface area (Å²) in [4.78, 5) is 20.5. The molecule has 0 unspecified atom stereocenters. The van der Waals surface area contributed by atoms with Gasteiger partial charge in [-0.2, -0.15) is 46.5 Å². The molecule has 0 aliphatic rings. The van der Waals surface area contributed by atoms with Crippen molar-refractivity contribution in [2.75, 3.05) is 0 Å². The van der Waals surface area contributed by atoms with Crippen LogP contribution in [-0.4, -0.2) is 15.0 Å². The first kappa shape index (κ1) is 87.3. The summed E-state index contributed by atoms with van der Waals surface area (Å²) < 4.78 is 49.7. The van der Waals surface area contributed by atoms with Crippen molar-refractivity contribution in [3.05, 3.63) is 392 Å². The van der Waals surface area contributed by atoms with E-state index in [9.17, 15) is 13.2 Å². The Kier molecular flexibility index (Phi) is 27.2. The van der Waals surface area contributed by atoms with Crippen LogP contribution < -0.4 is 22.8 Å². The lowest BCUT2D eigenvalue weighted by atomic mass is 9.96. The number of aromatic nitrogens is 8. The highest BCUT2D eigenvalue weighted by atomic mass is 19.4. The van der Waals surface area contributed by atoms with Gasteiger partial charge < -0.3 is 0 Å². The smallest absolute Gasteiger partial charge is 0.251 e. The minimum atomic E-state index is -4.41. The Labute approximate surface area is 720 Å². The van der Waals surface area contributed by atoms with E-state index < -0.39 is 11.7 Å². The van der Waals surface area contributed by atoms with Crippen LogP contribution in [0.2, 0.25) is 0 Å². The normalized spacial score (nSPS) is 10.7. The fourth-order valence-corrected chi connectivity index (χ4v) is 16.3. The monoisotopic (exact) mass is 1620 g/mol. The molecule has 16 aromatic rings. The average molecular weight is 1620 g/mol. The van der Waals surface area contributed by atoms with E-state index in [2.05, 4.69) is 314 Å². The van der Waals surface area contributed by atoms with E-state index in [0.29, 0.717) is 50.6 Å². The van der Waals surface area contributed by atoms with Gasteiger partial charge in [-0.3, -0.25) is 15.0 Å². The number of aryl methyl sites for hydroxylation is 12. The lowest BCUT2D eigenvalue weighted by Gasteiger charge is -2.12. The van der Waals surface area contributed by atoms with Gasteiger partial charge in [0.1, 0.15) is 35.2 Å². The second-order valence-electron chi connectivity index (χ2n) is 31.1. The van der Waals surface area contributed by atoms with Crippen LogP contribution in [0.5, 0.6) is 0 Å². The first-order valence-corrected chi connectivity index (χ1v) is 40.5. The number of nitriles is 2. The van der Waals surface area contributed by atoms with Crippen LogP contribution in [0, 0.1) is 119 Å². The van der Waals surface area contributed by atoms with E-state index in [1.165, 1.54) is 123 Å². The van der Waals surface area contributed by atoms with Gasteiger partial charge in [0.15, 0.2) is 0 Å². The molecule has 0 aliphatic heterocycles. The fraction of sp³-hybridized carbons (Fsp3) is 0.167. The van der Waals surface area contributed by atoms with Gasteiger partial charge in [0, 0.05) is 46.0 Å². The molecule has 0 bridgehead atoms. The maximum Gasteiger partial charge on any atom is 0.416 e. The predicted molar refractivity (Wildman–Crippen MR) is 487 cm³/mol. The Hall–Kier alpha value is -15.0. The lowest BCUT2D eigenvalue weighted by molar-refractivity contribution is -0.649. The van der Waals surface area contributed by atoms with Gasteiger partial charge in [-0.1, -0.05) is 145 Å². The molecule has 5 aromatic heterocycles. The van der Waals surface area contributed by atoms with E-state index in [-0.39, 0.29) is 0 Å². The molecule has 606 valence electrons. The lowest BCUT2D eigenvalue weighted by Crippen LogP contribution is -2.35. The number of alkyl halides is 3. The Morgan fingerprint density at radius 1 is 0.293 bits per heavy atom. The van der Waals surface area contributed by atoms with Gasteiger partial charge in [0.25, 0.3) is 0 Å². The highest BCUT2D eigenvalue weighted by molar-refractivity contribution is 5.95. The molecule has 0 saturated heterocycles. The third-order valence-corrected chi connectivity index (χ3v) is 22.7. The summed E-state index contributed by atoms with van der Waals surface area (Å²) >= 11 is 0. The van der Waals surface area contributed by atoms with Crippen LogP contribution in [0.15, 0.2) is 286 Å². The third-order valence-electron chi connectivity index (χ3n) is 22.7. The van der Waals surface area contributed by atoms with Crippen LogP contribution >= 0.6 is 0 Å². The fourth-order valence-electron chi connectivity index (χ4n) is 16.3. The molecule has 15 heteroatoms. The molecule has 0 atom stereocenters. The van der Waals surface area contributed by atoms with Crippen molar-refractivity contribution in [2.24, 2.45) is 35.2 Å². The number of hydrogen-bond donors (Lipinski definition) is 0. The molecule has 123 heavy (non-hydrogen) atoms. The number of rotatable bonds is 10. The highest BCUT2D eigenvalue weighted by Gasteiger charge is 2.33. The second kappa shape index (κ2) is 38.4. The van der Waals surface area contributed by atoms with Gasteiger partial charge in [0.05, 0.1) is 112 Å². The second-order valence-corrected chi connectivity index (χ2v) is 31.1. The zero-order valence-corrected chi connectivity index (χ0v) is 72.6. The minimum Gasteiger partial charge on any atom is -0.251 e. The Morgan fingerprint density at radius 3 is 1.02 bits per heavy atom. The number of nitrogens with zero attached hydrogens (tertiary/aromatic N) is 12. The van der Waals surface area contributed by atoms with Crippen LogP contribution in [0.3, 0.4) is 0 Å². The first-order valence-electron chi connectivity index (χ1n) is 40.5. The maximum absolute atomic E-state index is 13.0. The predicted octanol–water partition coefficient (Wildman–Crippen LogP) is 24.1. The van der Waals surface area contributed by atoms with E-state index in [1.54, 1.807) is 50.0 Å². The van der Waals surface area contributed by atoms with Gasteiger partial charge in [-0.15, -0.1) is 0 Å². The van der Waals surface area contributed by atoms with E-state index in [1.807, 2.05) is 75.2 Å². The topological polar surface area (TPSA) is 114 Å². The van der Waals surface area contributed by atoms with Crippen molar-refractivity contribution in [3.63, 3.8) is 0 Å².